The summed E-state index contributed by atoms with van der Waals surface area (Å²) in [7, 11) is 1.28. The molecule has 0 radical (unpaired) electrons. The summed E-state index contributed by atoms with van der Waals surface area (Å²) in [6, 6.07) is 11.8. The summed E-state index contributed by atoms with van der Waals surface area (Å²) in [5.41, 5.74) is 3.39. The van der Waals surface area contributed by atoms with Crippen LogP contribution in [0.2, 0.25) is 10.0 Å². The van der Waals surface area contributed by atoms with Crippen LogP contribution in [0.5, 0.6) is 0 Å². The van der Waals surface area contributed by atoms with E-state index in [0.717, 1.165) is 17.5 Å². The lowest BCUT2D eigenvalue weighted by molar-refractivity contribution is -0.142. The van der Waals surface area contributed by atoms with Gasteiger partial charge in [-0.15, -0.1) is 0 Å². The second-order valence-electron chi connectivity index (χ2n) is 6.60. The van der Waals surface area contributed by atoms with Crippen molar-refractivity contribution in [3.63, 3.8) is 0 Å². The Morgan fingerprint density at radius 2 is 1.83 bits per heavy atom. The molecule has 0 spiro atoms. The number of hydrogen-bond acceptors (Lipinski definition) is 4. The van der Waals surface area contributed by atoms with Crippen LogP contribution in [0.25, 0.3) is 5.57 Å². The van der Waals surface area contributed by atoms with Gasteiger partial charge in [0.25, 0.3) is 5.91 Å². The maximum atomic E-state index is 12.7. The minimum absolute atomic E-state index is 0.131. The fraction of sp³-hybridized carbons (Fsp3) is 0.273. The van der Waals surface area contributed by atoms with Crippen molar-refractivity contribution >= 4 is 40.7 Å². The van der Waals surface area contributed by atoms with Crippen molar-refractivity contribution in [1.82, 2.24) is 5.32 Å². The molecule has 7 heteroatoms. The van der Waals surface area contributed by atoms with E-state index in [9.17, 15) is 9.59 Å². The minimum Gasteiger partial charge on any atom is -0.467 e. The maximum absolute atomic E-state index is 12.7. The van der Waals surface area contributed by atoms with Crippen molar-refractivity contribution in [3.8, 4) is 0 Å². The zero-order chi connectivity index (χ0) is 20.8. The highest BCUT2D eigenvalue weighted by atomic mass is 35.5. The minimum atomic E-state index is -0.868. The van der Waals surface area contributed by atoms with Crippen LogP contribution in [0.15, 0.2) is 48.5 Å². The molecule has 0 saturated heterocycles. The van der Waals surface area contributed by atoms with Crippen molar-refractivity contribution in [2.24, 2.45) is 0 Å². The van der Waals surface area contributed by atoms with E-state index in [4.69, 9.17) is 32.7 Å². The highest BCUT2D eigenvalue weighted by Gasteiger charge is 2.25. The zero-order valence-corrected chi connectivity index (χ0v) is 17.4. The van der Waals surface area contributed by atoms with Gasteiger partial charge in [-0.2, -0.15) is 0 Å². The number of hydrogen-bond donors (Lipinski definition) is 1. The number of halogens is 2. The number of nitrogens with one attached hydrogen (secondary N) is 1. The molecule has 1 aliphatic rings. The first kappa shape index (κ1) is 21.4. The van der Waals surface area contributed by atoms with E-state index in [-0.39, 0.29) is 22.0 Å². The van der Waals surface area contributed by atoms with Crippen LogP contribution < -0.4 is 5.32 Å². The van der Waals surface area contributed by atoms with Gasteiger partial charge in [0, 0.05) is 6.42 Å². The van der Waals surface area contributed by atoms with Gasteiger partial charge in [-0.05, 0) is 35.3 Å². The number of carbonyl (C=O) groups excluding carboxylic acids is 2. The molecule has 1 amide bonds. The quantitative estimate of drug-likeness (QED) is 0.689. The lowest BCUT2D eigenvalue weighted by Gasteiger charge is -2.18. The molecular formula is C22H21Cl2NO4. The molecule has 5 nitrogen and oxygen atoms in total. The molecule has 152 valence electrons. The lowest BCUT2D eigenvalue weighted by atomic mass is 9.98. The molecule has 0 saturated carbocycles. The zero-order valence-electron chi connectivity index (χ0n) is 15.9. The third-order valence-electron chi connectivity index (χ3n) is 4.71. The van der Waals surface area contributed by atoms with Gasteiger partial charge in [0.05, 0.1) is 35.9 Å². The predicted molar refractivity (Wildman–Crippen MR) is 113 cm³/mol. The van der Waals surface area contributed by atoms with Crippen molar-refractivity contribution in [3.05, 3.63) is 75.3 Å². The van der Waals surface area contributed by atoms with Crippen molar-refractivity contribution in [2.45, 2.75) is 18.9 Å². The number of carbonyl (C=O) groups is 2. The lowest BCUT2D eigenvalue weighted by Crippen LogP contribution is -2.43. The van der Waals surface area contributed by atoms with E-state index in [2.05, 4.69) is 11.4 Å². The Bertz CT molecular complexity index is 905. The number of amides is 1. The van der Waals surface area contributed by atoms with Crippen LogP contribution in [0, 0.1) is 0 Å². The second-order valence-corrected chi connectivity index (χ2v) is 7.42. The van der Waals surface area contributed by atoms with Gasteiger partial charge in [-0.25, -0.2) is 4.79 Å². The van der Waals surface area contributed by atoms with Crippen molar-refractivity contribution in [2.75, 3.05) is 20.3 Å². The summed E-state index contributed by atoms with van der Waals surface area (Å²) in [6.07, 6.45) is 3.23. The monoisotopic (exact) mass is 433 g/mol. The van der Waals surface area contributed by atoms with E-state index < -0.39 is 17.9 Å². The third kappa shape index (κ3) is 5.38. The van der Waals surface area contributed by atoms with Gasteiger partial charge in [-0.1, -0.05) is 59.6 Å². The van der Waals surface area contributed by atoms with Crippen LogP contribution in [0.1, 0.15) is 27.9 Å². The van der Waals surface area contributed by atoms with Gasteiger partial charge in [0.2, 0.25) is 0 Å². The van der Waals surface area contributed by atoms with Gasteiger partial charge in [0.1, 0.15) is 6.04 Å². The van der Waals surface area contributed by atoms with E-state index in [1.165, 1.54) is 12.7 Å². The standard InChI is InChI=1S/C22H21Cl2NO4/c1-28-22(27)19(25-21(26)20-17(23)3-2-4-18(20)24)13-14-5-7-15(8-6-14)16-9-11-29-12-10-16/h2-9,19H,10-13H2,1H3,(H,25,26)/t19-/m0/s1. The summed E-state index contributed by atoms with van der Waals surface area (Å²) in [4.78, 5) is 24.9. The Labute approximate surface area is 179 Å². The van der Waals surface area contributed by atoms with Crippen molar-refractivity contribution < 1.29 is 19.1 Å². The molecule has 1 heterocycles. The molecule has 0 bridgehead atoms. The number of esters is 1. The highest BCUT2D eigenvalue weighted by molar-refractivity contribution is 6.39. The van der Waals surface area contributed by atoms with E-state index in [1.54, 1.807) is 18.2 Å². The Morgan fingerprint density at radius 3 is 2.41 bits per heavy atom. The summed E-state index contributed by atoms with van der Waals surface area (Å²) >= 11 is 12.2. The normalized spacial score (nSPS) is 14.7. The highest BCUT2D eigenvalue weighted by Crippen LogP contribution is 2.25. The Balaban J connectivity index is 1.75. The first-order chi connectivity index (χ1) is 14.0. The Kier molecular flexibility index (Phi) is 7.31. The third-order valence-corrected chi connectivity index (χ3v) is 5.34. The summed E-state index contributed by atoms with van der Waals surface area (Å²) in [5, 5.41) is 3.11. The predicted octanol–water partition coefficient (Wildman–Crippen LogP) is 4.31. The number of benzene rings is 2. The van der Waals surface area contributed by atoms with Gasteiger partial charge in [-0.3, -0.25) is 4.79 Å². The summed E-state index contributed by atoms with van der Waals surface area (Å²) in [5.74, 6) is -1.07. The molecule has 3 rings (SSSR count). The molecule has 0 unspecified atom stereocenters. The average Bonchev–Trinajstić information content (AvgIpc) is 2.73. The molecule has 1 aliphatic heterocycles. The van der Waals surface area contributed by atoms with E-state index >= 15 is 0 Å². The molecule has 2 aromatic carbocycles. The number of rotatable bonds is 6. The molecule has 2 aromatic rings. The first-order valence-corrected chi connectivity index (χ1v) is 9.94. The molecule has 29 heavy (non-hydrogen) atoms. The number of methoxy groups -OCH3 is 1. The Morgan fingerprint density at radius 1 is 1.14 bits per heavy atom. The van der Waals surface area contributed by atoms with Crippen LogP contribution in [-0.4, -0.2) is 38.2 Å². The van der Waals surface area contributed by atoms with Crippen LogP contribution >= 0.6 is 23.2 Å². The molecule has 1 N–H and O–H groups in total. The molecular weight excluding hydrogens is 413 g/mol. The average molecular weight is 434 g/mol. The van der Waals surface area contributed by atoms with E-state index in [0.29, 0.717) is 13.2 Å². The summed E-state index contributed by atoms with van der Waals surface area (Å²) in [6.45, 7) is 1.34. The Hall–Kier alpha value is -2.34. The van der Waals surface area contributed by atoms with Crippen LogP contribution in [0.4, 0.5) is 0 Å². The van der Waals surface area contributed by atoms with Gasteiger partial charge >= 0.3 is 5.97 Å². The van der Waals surface area contributed by atoms with Crippen LogP contribution in [-0.2, 0) is 20.7 Å². The van der Waals surface area contributed by atoms with Crippen molar-refractivity contribution in [1.29, 1.82) is 0 Å². The molecule has 1 atom stereocenters. The summed E-state index contributed by atoms with van der Waals surface area (Å²) < 4.78 is 10.2. The topological polar surface area (TPSA) is 64.6 Å². The fourth-order valence-corrected chi connectivity index (χ4v) is 3.73. The van der Waals surface area contributed by atoms with E-state index in [1.807, 2.05) is 24.3 Å². The maximum Gasteiger partial charge on any atom is 0.328 e. The van der Waals surface area contributed by atoms with Gasteiger partial charge in [0.15, 0.2) is 0 Å². The second kappa shape index (κ2) is 9.92. The molecule has 0 aliphatic carbocycles. The molecule has 0 aromatic heterocycles. The smallest absolute Gasteiger partial charge is 0.328 e. The van der Waals surface area contributed by atoms with Gasteiger partial charge < -0.3 is 14.8 Å². The fourth-order valence-electron chi connectivity index (χ4n) is 3.16. The molecule has 0 fully saturated rings. The largest absolute Gasteiger partial charge is 0.467 e. The van der Waals surface area contributed by atoms with Crippen LogP contribution in [0.3, 0.4) is 0 Å². The first-order valence-electron chi connectivity index (χ1n) is 9.18. The SMILES string of the molecule is COC(=O)[C@H](Cc1ccc(C2=CCOCC2)cc1)NC(=O)c1c(Cl)cccc1Cl. The number of ether oxygens (including phenoxy) is 2.